The van der Waals surface area contributed by atoms with Crippen molar-refractivity contribution >= 4 is 23.5 Å². The first-order chi connectivity index (χ1) is 13.9. The van der Waals surface area contributed by atoms with Crippen LogP contribution < -0.4 is 5.32 Å². The molecule has 1 heterocycles. The fourth-order valence-electron chi connectivity index (χ4n) is 3.98. The van der Waals surface area contributed by atoms with Crippen LogP contribution in [0.5, 0.6) is 0 Å². The lowest BCUT2D eigenvalue weighted by Crippen LogP contribution is -2.30. The SMILES string of the molecule is O=C(Nc1cccc(C(=O)N2C[C@H](C(=O)O)[C@@H](C3CC3)C2)c1)c1ccc(F)cc1. The number of carboxylic acids is 1. The van der Waals surface area contributed by atoms with Gasteiger partial charge in [0, 0.05) is 29.9 Å². The Morgan fingerprint density at radius 1 is 1.00 bits per heavy atom. The number of benzene rings is 2. The van der Waals surface area contributed by atoms with E-state index in [2.05, 4.69) is 5.32 Å². The van der Waals surface area contributed by atoms with Gasteiger partial charge in [0.1, 0.15) is 5.82 Å². The van der Waals surface area contributed by atoms with Crippen LogP contribution in [0.1, 0.15) is 33.6 Å². The van der Waals surface area contributed by atoms with E-state index in [-0.39, 0.29) is 18.4 Å². The first-order valence-electron chi connectivity index (χ1n) is 9.61. The fourth-order valence-corrected chi connectivity index (χ4v) is 3.98. The van der Waals surface area contributed by atoms with Crippen LogP contribution in [-0.2, 0) is 4.79 Å². The third-order valence-electron chi connectivity index (χ3n) is 5.67. The number of carbonyl (C=O) groups is 3. The maximum atomic E-state index is 13.0. The van der Waals surface area contributed by atoms with Crippen molar-refractivity contribution in [1.29, 1.82) is 0 Å². The highest BCUT2D eigenvalue weighted by atomic mass is 19.1. The van der Waals surface area contributed by atoms with Gasteiger partial charge in [-0.2, -0.15) is 0 Å². The van der Waals surface area contributed by atoms with Gasteiger partial charge < -0.3 is 15.3 Å². The molecule has 0 aromatic heterocycles. The Morgan fingerprint density at radius 2 is 1.72 bits per heavy atom. The number of rotatable bonds is 5. The second-order valence-corrected chi connectivity index (χ2v) is 7.70. The van der Waals surface area contributed by atoms with Crippen molar-refractivity contribution in [3.05, 3.63) is 65.5 Å². The molecule has 2 atom stereocenters. The second-order valence-electron chi connectivity index (χ2n) is 7.70. The van der Waals surface area contributed by atoms with Crippen LogP contribution in [0.2, 0.25) is 0 Å². The summed E-state index contributed by atoms with van der Waals surface area (Å²) in [7, 11) is 0. The zero-order valence-electron chi connectivity index (χ0n) is 15.7. The van der Waals surface area contributed by atoms with Crippen LogP contribution in [0.15, 0.2) is 48.5 Å². The number of likely N-dealkylation sites (tertiary alicyclic amines) is 1. The van der Waals surface area contributed by atoms with Crippen molar-refractivity contribution in [1.82, 2.24) is 4.90 Å². The summed E-state index contributed by atoms with van der Waals surface area (Å²) >= 11 is 0. The number of aliphatic carboxylic acids is 1. The van der Waals surface area contributed by atoms with E-state index in [0.717, 1.165) is 12.8 Å². The second kappa shape index (κ2) is 7.66. The first-order valence-corrected chi connectivity index (χ1v) is 9.61. The van der Waals surface area contributed by atoms with Crippen LogP contribution in [0, 0.1) is 23.6 Å². The van der Waals surface area contributed by atoms with Gasteiger partial charge in [0.25, 0.3) is 11.8 Å². The maximum absolute atomic E-state index is 13.0. The molecule has 4 rings (SSSR count). The summed E-state index contributed by atoms with van der Waals surface area (Å²) in [6, 6.07) is 11.7. The molecule has 0 radical (unpaired) electrons. The predicted molar refractivity (Wildman–Crippen MR) is 104 cm³/mol. The van der Waals surface area contributed by atoms with E-state index in [1.165, 1.54) is 24.3 Å². The van der Waals surface area contributed by atoms with E-state index in [4.69, 9.17) is 0 Å². The quantitative estimate of drug-likeness (QED) is 0.812. The number of amides is 2. The normalized spacial score (nSPS) is 21.1. The third-order valence-corrected chi connectivity index (χ3v) is 5.67. The Morgan fingerprint density at radius 3 is 2.38 bits per heavy atom. The lowest BCUT2D eigenvalue weighted by Gasteiger charge is -2.17. The summed E-state index contributed by atoms with van der Waals surface area (Å²) in [6.07, 6.45) is 2.06. The number of anilines is 1. The van der Waals surface area contributed by atoms with Gasteiger partial charge in [0.2, 0.25) is 0 Å². The van der Waals surface area contributed by atoms with Gasteiger partial charge in [0.05, 0.1) is 5.92 Å². The van der Waals surface area contributed by atoms with Gasteiger partial charge >= 0.3 is 5.97 Å². The number of carboxylic acid groups (broad SMARTS) is 1. The van der Waals surface area contributed by atoms with E-state index in [1.54, 1.807) is 29.2 Å². The Hall–Kier alpha value is -3.22. The van der Waals surface area contributed by atoms with Crippen LogP contribution in [0.4, 0.5) is 10.1 Å². The van der Waals surface area contributed by atoms with Gasteiger partial charge in [-0.25, -0.2) is 4.39 Å². The molecule has 2 aliphatic rings. The monoisotopic (exact) mass is 396 g/mol. The van der Waals surface area contributed by atoms with Crippen LogP contribution >= 0.6 is 0 Å². The van der Waals surface area contributed by atoms with Gasteiger partial charge in [-0.05, 0) is 67.1 Å². The largest absolute Gasteiger partial charge is 0.481 e. The Balaban J connectivity index is 1.46. The molecule has 1 aliphatic carbocycles. The van der Waals surface area contributed by atoms with Gasteiger partial charge in [-0.3, -0.25) is 14.4 Å². The van der Waals surface area contributed by atoms with E-state index in [9.17, 15) is 23.9 Å². The van der Waals surface area contributed by atoms with Crippen LogP contribution in [-0.4, -0.2) is 40.9 Å². The molecule has 1 aliphatic heterocycles. The Labute approximate surface area is 167 Å². The van der Waals surface area contributed by atoms with Gasteiger partial charge in [-0.1, -0.05) is 6.07 Å². The lowest BCUT2D eigenvalue weighted by molar-refractivity contribution is -0.142. The molecule has 7 heteroatoms. The molecule has 2 aromatic rings. The zero-order valence-corrected chi connectivity index (χ0v) is 15.7. The van der Waals surface area contributed by atoms with Crippen molar-refractivity contribution < 1.29 is 23.9 Å². The number of hydrogen-bond acceptors (Lipinski definition) is 3. The summed E-state index contributed by atoms with van der Waals surface area (Å²) in [5, 5.41) is 12.2. The van der Waals surface area contributed by atoms with E-state index < -0.39 is 23.6 Å². The van der Waals surface area contributed by atoms with E-state index in [1.807, 2.05) is 0 Å². The maximum Gasteiger partial charge on any atom is 0.308 e. The standard InChI is InChI=1S/C22H21FN2O4/c23-16-8-6-14(7-9-16)20(26)24-17-3-1-2-15(10-17)21(27)25-11-18(13-4-5-13)19(12-25)22(28)29/h1-3,6-10,13,18-19H,4-5,11-12H2,(H,24,26)(H,28,29)/t18-,19+/m1/s1. The molecule has 2 aromatic carbocycles. The minimum absolute atomic E-state index is 0.0119. The first kappa shape index (κ1) is 19.1. The molecule has 29 heavy (non-hydrogen) atoms. The van der Waals surface area contributed by atoms with Crippen LogP contribution in [0.3, 0.4) is 0 Å². The van der Waals surface area contributed by atoms with E-state index in [0.29, 0.717) is 29.3 Å². The van der Waals surface area contributed by atoms with Crippen molar-refractivity contribution in [3.8, 4) is 0 Å². The smallest absolute Gasteiger partial charge is 0.308 e. The summed E-state index contributed by atoms with van der Waals surface area (Å²) in [5.74, 6) is -2.03. The third kappa shape index (κ3) is 4.13. The highest BCUT2D eigenvalue weighted by Gasteiger charge is 2.46. The van der Waals surface area contributed by atoms with Crippen molar-refractivity contribution in [2.45, 2.75) is 12.8 Å². The topological polar surface area (TPSA) is 86.7 Å². The minimum atomic E-state index is -0.850. The highest BCUT2D eigenvalue weighted by molar-refractivity contribution is 6.05. The Bertz CT molecular complexity index is 956. The average Bonchev–Trinajstić information content (AvgIpc) is 3.46. The minimum Gasteiger partial charge on any atom is -0.481 e. The Kier molecular flexibility index (Phi) is 5.05. The van der Waals surface area contributed by atoms with Gasteiger partial charge in [-0.15, -0.1) is 0 Å². The molecule has 0 spiro atoms. The van der Waals surface area contributed by atoms with E-state index >= 15 is 0 Å². The molecule has 150 valence electrons. The molecule has 0 unspecified atom stereocenters. The number of hydrogen-bond donors (Lipinski definition) is 2. The van der Waals surface area contributed by atoms with Crippen molar-refractivity contribution in [2.75, 3.05) is 18.4 Å². The van der Waals surface area contributed by atoms with Crippen molar-refractivity contribution in [3.63, 3.8) is 0 Å². The summed E-state index contributed by atoms with van der Waals surface area (Å²) in [6.45, 7) is 0.661. The fraction of sp³-hybridized carbons (Fsp3) is 0.318. The predicted octanol–water partition coefficient (Wildman–Crippen LogP) is 3.26. The lowest BCUT2D eigenvalue weighted by atomic mass is 9.92. The molecule has 2 fully saturated rings. The number of carbonyl (C=O) groups excluding carboxylic acids is 2. The molecule has 1 saturated carbocycles. The van der Waals surface area contributed by atoms with Crippen molar-refractivity contribution in [2.24, 2.45) is 17.8 Å². The molecule has 1 saturated heterocycles. The summed E-state index contributed by atoms with van der Waals surface area (Å²) in [5.41, 5.74) is 1.14. The number of halogens is 1. The molecular formula is C22H21FN2O4. The molecule has 2 N–H and O–H groups in total. The van der Waals surface area contributed by atoms with Gasteiger partial charge in [0.15, 0.2) is 0 Å². The van der Waals surface area contributed by atoms with Crippen LogP contribution in [0.25, 0.3) is 0 Å². The molecule has 2 amide bonds. The average molecular weight is 396 g/mol. The zero-order chi connectivity index (χ0) is 20.5. The highest BCUT2D eigenvalue weighted by Crippen LogP contribution is 2.44. The molecule has 0 bridgehead atoms. The number of nitrogens with one attached hydrogen (secondary N) is 1. The molecular weight excluding hydrogens is 375 g/mol. The summed E-state index contributed by atoms with van der Waals surface area (Å²) < 4.78 is 13.0. The summed E-state index contributed by atoms with van der Waals surface area (Å²) in [4.78, 5) is 38.4. The number of nitrogens with zero attached hydrogens (tertiary/aromatic N) is 1. The molecule has 6 nitrogen and oxygen atoms in total.